The van der Waals surface area contributed by atoms with Gasteiger partial charge in [0.15, 0.2) is 0 Å². The van der Waals surface area contributed by atoms with E-state index in [1.165, 1.54) is 16.1 Å². The van der Waals surface area contributed by atoms with Crippen molar-refractivity contribution in [3.8, 4) is 0 Å². The number of pyridine rings is 1. The molecule has 0 fully saturated rings. The van der Waals surface area contributed by atoms with Gasteiger partial charge < -0.3 is 5.32 Å². The van der Waals surface area contributed by atoms with E-state index in [0.29, 0.717) is 0 Å². The topological polar surface area (TPSA) is 24.9 Å². The first-order chi connectivity index (χ1) is 8.79. The number of hydrogen-bond donors (Lipinski definition) is 1. The fraction of sp³-hybridized carbons (Fsp3) is 0.267. The van der Waals surface area contributed by atoms with Gasteiger partial charge in [0, 0.05) is 29.0 Å². The molecule has 18 heavy (non-hydrogen) atoms. The van der Waals surface area contributed by atoms with Crippen LogP contribution in [0.1, 0.15) is 18.2 Å². The number of benzene rings is 1. The molecular weight excluding hydrogens is 240 g/mol. The molecule has 1 aromatic heterocycles. The summed E-state index contributed by atoms with van der Waals surface area (Å²) >= 11 is 1.86. The molecular formula is C15H18N2S. The maximum Gasteiger partial charge on any atom is 0.0481 e. The van der Waals surface area contributed by atoms with E-state index in [1.807, 2.05) is 30.9 Å². The number of aromatic nitrogens is 1. The smallest absolute Gasteiger partial charge is 0.0481 e. The lowest BCUT2D eigenvalue weighted by atomic mass is 10.2. The Morgan fingerprint density at radius 3 is 2.72 bits per heavy atom. The average molecular weight is 258 g/mol. The quantitative estimate of drug-likeness (QED) is 0.817. The average Bonchev–Trinajstić information content (AvgIpc) is 2.40. The van der Waals surface area contributed by atoms with Gasteiger partial charge in [0.05, 0.1) is 0 Å². The van der Waals surface area contributed by atoms with Crippen LogP contribution in [0.2, 0.25) is 0 Å². The van der Waals surface area contributed by atoms with Crippen LogP contribution >= 0.6 is 11.8 Å². The molecule has 0 saturated heterocycles. The third-order valence-electron chi connectivity index (χ3n) is 2.64. The third kappa shape index (κ3) is 3.50. The van der Waals surface area contributed by atoms with E-state index in [9.17, 15) is 0 Å². The van der Waals surface area contributed by atoms with Gasteiger partial charge >= 0.3 is 0 Å². The van der Waals surface area contributed by atoms with Gasteiger partial charge in [-0.25, -0.2) is 0 Å². The summed E-state index contributed by atoms with van der Waals surface area (Å²) in [6.45, 7) is 4.99. The predicted octanol–water partition coefficient (Wildman–Crippen LogP) is 4.11. The number of rotatable bonds is 5. The minimum Gasteiger partial charge on any atom is -0.380 e. The van der Waals surface area contributed by atoms with Crippen LogP contribution in [0, 0.1) is 6.92 Å². The van der Waals surface area contributed by atoms with E-state index in [1.54, 1.807) is 0 Å². The highest BCUT2D eigenvalue weighted by atomic mass is 32.2. The lowest BCUT2D eigenvalue weighted by Crippen LogP contribution is -2.01. The fourth-order valence-electron chi connectivity index (χ4n) is 1.69. The number of nitrogens with zero attached hydrogens (tertiary/aromatic N) is 1. The molecule has 0 radical (unpaired) electrons. The SMILES string of the molecule is CCSc1ccccc1NCc1ccc(C)nc1. The minimum absolute atomic E-state index is 0.814. The van der Waals surface area contributed by atoms with E-state index < -0.39 is 0 Å². The lowest BCUT2D eigenvalue weighted by Gasteiger charge is -2.11. The molecule has 2 nitrogen and oxygen atoms in total. The lowest BCUT2D eigenvalue weighted by molar-refractivity contribution is 1.08. The van der Waals surface area contributed by atoms with Crippen LogP contribution in [0.4, 0.5) is 5.69 Å². The Bertz CT molecular complexity index is 494. The van der Waals surface area contributed by atoms with Crippen molar-refractivity contribution in [3.05, 3.63) is 53.9 Å². The molecule has 0 aliphatic carbocycles. The summed E-state index contributed by atoms with van der Waals surface area (Å²) in [6.07, 6.45) is 1.93. The number of hydrogen-bond acceptors (Lipinski definition) is 3. The van der Waals surface area contributed by atoms with Crippen LogP contribution in [0.5, 0.6) is 0 Å². The van der Waals surface area contributed by atoms with Crippen molar-refractivity contribution in [2.45, 2.75) is 25.3 Å². The van der Waals surface area contributed by atoms with E-state index in [2.05, 4.69) is 47.6 Å². The summed E-state index contributed by atoms with van der Waals surface area (Å²) in [7, 11) is 0. The first-order valence-corrected chi connectivity index (χ1v) is 7.15. The molecule has 0 spiro atoms. The van der Waals surface area contributed by atoms with Crippen molar-refractivity contribution in [2.24, 2.45) is 0 Å². The van der Waals surface area contributed by atoms with Crippen molar-refractivity contribution in [1.29, 1.82) is 0 Å². The van der Waals surface area contributed by atoms with Crippen LogP contribution in [0.15, 0.2) is 47.5 Å². The number of aryl methyl sites for hydroxylation is 1. The molecule has 1 aromatic carbocycles. The van der Waals surface area contributed by atoms with Gasteiger partial charge in [-0.1, -0.05) is 25.1 Å². The van der Waals surface area contributed by atoms with Crippen LogP contribution in [0.3, 0.4) is 0 Å². The van der Waals surface area contributed by atoms with Gasteiger partial charge in [-0.05, 0) is 36.4 Å². The standard InChI is InChI=1S/C15H18N2S/c1-3-18-15-7-5-4-6-14(15)17-11-13-9-8-12(2)16-10-13/h4-10,17H,3,11H2,1-2H3. The number of thioether (sulfide) groups is 1. The Kier molecular flexibility index (Phi) is 4.65. The molecule has 1 heterocycles. The zero-order valence-corrected chi connectivity index (χ0v) is 11.6. The van der Waals surface area contributed by atoms with Crippen LogP contribution < -0.4 is 5.32 Å². The van der Waals surface area contributed by atoms with Gasteiger partial charge in [-0.2, -0.15) is 0 Å². The summed E-state index contributed by atoms with van der Waals surface area (Å²) in [5.74, 6) is 1.09. The van der Waals surface area contributed by atoms with E-state index in [4.69, 9.17) is 0 Å². The van der Waals surface area contributed by atoms with Gasteiger partial charge in [0.1, 0.15) is 0 Å². The van der Waals surface area contributed by atoms with Gasteiger partial charge in [0.2, 0.25) is 0 Å². The van der Waals surface area contributed by atoms with Crippen LogP contribution in [-0.4, -0.2) is 10.7 Å². The third-order valence-corrected chi connectivity index (χ3v) is 3.60. The molecule has 2 aromatic rings. The fourth-order valence-corrected chi connectivity index (χ4v) is 2.48. The normalized spacial score (nSPS) is 10.3. The largest absolute Gasteiger partial charge is 0.380 e. The highest BCUT2D eigenvalue weighted by Crippen LogP contribution is 2.26. The predicted molar refractivity (Wildman–Crippen MR) is 79.1 cm³/mol. The number of para-hydroxylation sites is 1. The van der Waals surface area contributed by atoms with Crippen molar-refractivity contribution in [3.63, 3.8) is 0 Å². The second-order valence-corrected chi connectivity index (χ2v) is 5.40. The first-order valence-electron chi connectivity index (χ1n) is 6.17. The van der Waals surface area contributed by atoms with E-state index in [-0.39, 0.29) is 0 Å². The molecule has 2 rings (SSSR count). The monoisotopic (exact) mass is 258 g/mol. The second-order valence-electron chi connectivity index (χ2n) is 4.09. The van der Waals surface area contributed by atoms with Crippen LogP contribution in [-0.2, 0) is 6.54 Å². The minimum atomic E-state index is 0.814. The Hall–Kier alpha value is -1.48. The summed E-state index contributed by atoms with van der Waals surface area (Å²) in [4.78, 5) is 5.61. The maximum absolute atomic E-state index is 4.30. The maximum atomic E-state index is 4.30. The molecule has 0 saturated carbocycles. The van der Waals surface area contributed by atoms with Crippen molar-refractivity contribution >= 4 is 17.4 Å². The molecule has 94 valence electrons. The Morgan fingerprint density at radius 2 is 2.00 bits per heavy atom. The second kappa shape index (κ2) is 6.45. The Morgan fingerprint density at radius 1 is 1.17 bits per heavy atom. The Labute approximate surface area is 113 Å². The van der Waals surface area contributed by atoms with Crippen molar-refractivity contribution in [1.82, 2.24) is 4.98 Å². The molecule has 0 aliphatic heterocycles. The molecule has 0 aliphatic rings. The zero-order chi connectivity index (χ0) is 12.8. The first kappa shape index (κ1) is 13.0. The van der Waals surface area contributed by atoms with Gasteiger partial charge in [-0.15, -0.1) is 11.8 Å². The zero-order valence-electron chi connectivity index (χ0n) is 10.8. The van der Waals surface area contributed by atoms with Gasteiger partial charge in [-0.3, -0.25) is 4.98 Å². The molecule has 0 unspecified atom stereocenters. The van der Waals surface area contributed by atoms with Crippen molar-refractivity contribution < 1.29 is 0 Å². The highest BCUT2D eigenvalue weighted by Gasteiger charge is 2.01. The summed E-state index contributed by atoms with van der Waals surface area (Å²) < 4.78 is 0. The molecule has 0 atom stereocenters. The number of anilines is 1. The summed E-state index contributed by atoms with van der Waals surface area (Å²) in [5.41, 5.74) is 3.46. The van der Waals surface area contributed by atoms with E-state index in [0.717, 1.165) is 18.0 Å². The molecule has 0 bridgehead atoms. The van der Waals surface area contributed by atoms with Gasteiger partial charge in [0.25, 0.3) is 0 Å². The van der Waals surface area contributed by atoms with E-state index >= 15 is 0 Å². The molecule has 1 N–H and O–H groups in total. The van der Waals surface area contributed by atoms with Crippen LogP contribution in [0.25, 0.3) is 0 Å². The van der Waals surface area contributed by atoms with Crippen molar-refractivity contribution in [2.75, 3.05) is 11.1 Å². The molecule has 0 amide bonds. The summed E-state index contributed by atoms with van der Waals surface area (Å²) in [5, 5.41) is 3.47. The Balaban J connectivity index is 2.03. The highest BCUT2D eigenvalue weighted by molar-refractivity contribution is 7.99. The summed E-state index contributed by atoms with van der Waals surface area (Å²) in [6, 6.07) is 12.6. The molecule has 3 heteroatoms. The number of nitrogens with one attached hydrogen (secondary N) is 1.